The fraction of sp³-hybridized carbons (Fsp3) is 0.444. The van der Waals surface area contributed by atoms with Crippen LogP contribution in [0, 0.1) is 5.41 Å². The van der Waals surface area contributed by atoms with E-state index in [1.54, 1.807) is 13.3 Å². The number of rotatable bonds is 6. The summed E-state index contributed by atoms with van der Waals surface area (Å²) in [5.74, 6) is -0.277. The van der Waals surface area contributed by atoms with E-state index >= 15 is 0 Å². The Labute approximate surface area is 150 Å². The minimum Gasteiger partial charge on any atom is -0.497 e. The number of aliphatic carboxylic acids is 1. The Morgan fingerprint density at radius 3 is 3.00 bits per heavy atom. The lowest BCUT2D eigenvalue weighted by molar-refractivity contribution is -0.163. The zero-order valence-electron chi connectivity index (χ0n) is 14.1. The molecule has 3 rings (SSSR count). The molecule has 25 heavy (non-hydrogen) atoms. The van der Waals surface area contributed by atoms with Gasteiger partial charge in [-0.15, -0.1) is 0 Å². The second kappa shape index (κ2) is 7.51. The smallest absolute Gasteiger partial charge is 0.313 e. The quantitative estimate of drug-likeness (QED) is 0.818. The van der Waals surface area contributed by atoms with E-state index in [2.05, 4.69) is 9.27 Å². The van der Waals surface area contributed by atoms with Crippen molar-refractivity contribution in [2.24, 2.45) is 5.41 Å². The molecule has 1 saturated heterocycles. The van der Waals surface area contributed by atoms with Crippen molar-refractivity contribution in [1.82, 2.24) is 9.27 Å². The van der Waals surface area contributed by atoms with Crippen molar-refractivity contribution < 1.29 is 19.7 Å². The van der Waals surface area contributed by atoms with Crippen LogP contribution in [0.1, 0.15) is 17.5 Å². The zero-order chi connectivity index (χ0) is 17.9. The number of carbonyl (C=O) groups is 1. The third-order valence-electron chi connectivity index (χ3n) is 4.83. The number of carboxylic acids is 1. The molecule has 1 fully saturated rings. The van der Waals surface area contributed by atoms with Gasteiger partial charge in [0.2, 0.25) is 0 Å². The summed E-state index contributed by atoms with van der Waals surface area (Å²) in [7, 11) is 1.58. The Balaban J connectivity index is 1.84. The van der Waals surface area contributed by atoms with Crippen molar-refractivity contribution in [3.63, 3.8) is 0 Å². The minimum atomic E-state index is -1.23. The van der Waals surface area contributed by atoms with Crippen molar-refractivity contribution >= 4 is 17.5 Å². The number of ether oxygens (including phenoxy) is 1. The monoisotopic (exact) mass is 362 g/mol. The predicted molar refractivity (Wildman–Crippen MR) is 94.8 cm³/mol. The highest BCUT2D eigenvalue weighted by atomic mass is 32.1. The van der Waals surface area contributed by atoms with Crippen LogP contribution in [0.2, 0.25) is 0 Å². The fourth-order valence-corrected chi connectivity index (χ4v) is 4.00. The van der Waals surface area contributed by atoms with Crippen LogP contribution >= 0.6 is 11.5 Å². The van der Waals surface area contributed by atoms with Gasteiger partial charge in [0.15, 0.2) is 0 Å². The van der Waals surface area contributed by atoms with E-state index in [9.17, 15) is 15.0 Å². The molecule has 1 aromatic heterocycles. The highest BCUT2D eigenvalue weighted by molar-refractivity contribution is 7.03. The molecule has 0 radical (unpaired) electrons. The zero-order valence-corrected chi connectivity index (χ0v) is 14.9. The minimum absolute atomic E-state index is 0.263. The average molecular weight is 362 g/mol. The molecule has 2 N–H and O–H groups in total. The van der Waals surface area contributed by atoms with Crippen LogP contribution in [0.3, 0.4) is 0 Å². The average Bonchev–Trinajstić information content (AvgIpc) is 3.11. The Hall–Kier alpha value is -1.96. The molecule has 0 aliphatic carbocycles. The SMILES string of the molecule is COc1cccc(C[C@@]2(C(=O)O)CN(Cc3cnsc3)CC[C@@H]2O)c1. The first-order valence-electron chi connectivity index (χ1n) is 8.18. The Kier molecular flexibility index (Phi) is 5.36. The van der Waals surface area contributed by atoms with Crippen LogP contribution in [-0.2, 0) is 17.8 Å². The van der Waals surface area contributed by atoms with Crippen molar-refractivity contribution in [2.45, 2.75) is 25.5 Å². The molecule has 6 nitrogen and oxygen atoms in total. The number of nitrogens with zero attached hydrogens (tertiary/aromatic N) is 2. The summed E-state index contributed by atoms with van der Waals surface area (Å²) < 4.78 is 9.33. The summed E-state index contributed by atoms with van der Waals surface area (Å²) in [6.07, 6.45) is 1.63. The summed E-state index contributed by atoms with van der Waals surface area (Å²) >= 11 is 1.39. The topological polar surface area (TPSA) is 82.9 Å². The number of hydrogen-bond acceptors (Lipinski definition) is 6. The number of aliphatic hydroxyl groups excluding tert-OH is 1. The van der Waals surface area contributed by atoms with Crippen LogP contribution in [0.25, 0.3) is 0 Å². The number of likely N-dealkylation sites (tertiary alicyclic amines) is 1. The lowest BCUT2D eigenvalue weighted by Gasteiger charge is -2.43. The maximum Gasteiger partial charge on any atom is 0.313 e. The van der Waals surface area contributed by atoms with E-state index in [0.29, 0.717) is 31.8 Å². The number of piperidine rings is 1. The summed E-state index contributed by atoms with van der Waals surface area (Å²) in [4.78, 5) is 14.3. The maximum atomic E-state index is 12.2. The van der Waals surface area contributed by atoms with E-state index in [4.69, 9.17) is 4.74 Å². The lowest BCUT2D eigenvalue weighted by atomic mass is 9.72. The van der Waals surface area contributed by atoms with E-state index < -0.39 is 17.5 Å². The standard InChI is InChI=1S/C18H22N2O4S/c1-24-15-4-2-3-13(7-15)8-18(17(22)23)12-20(6-5-16(18)21)10-14-9-19-25-11-14/h2-4,7,9,11,16,21H,5-6,8,10,12H2,1H3,(H,22,23)/t16-,18+/m0/s1. The van der Waals surface area contributed by atoms with Crippen LogP contribution in [0.15, 0.2) is 35.8 Å². The number of carboxylic acid groups (broad SMARTS) is 1. The summed E-state index contributed by atoms with van der Waals surface area (Å²) in [5.41, 5.74) is 0.690. The van der Waals surface area contributed by atoms with Gasteiger partial charge in [-0.2, -0.15) is 0 Å². The number of hydrogen-bond donors (Lipinski definition) is 2. The molecule has 0 unspecified atom stereocenters. The predicted octanol–water partition coefficient (Wildman–Crippen LogP) is 2.03. The van der Waals surface area contributed by atoms with Gasteiger partial charge in [-0.3, -0.25) is 9.69 Å². The normalized spacial score (nSPS) is 24.2. The molecule has 0 bridgehead atoms. The molecular formula is C18H22N2O4S. The van der Waals surface area contributed by atoms with Gasteiger partial charge in [0, 0.05) is 31.2 Å². The summed E-state index contributed by atoms with van der Waals surface area (Å²) in [6, 6.07) is 7.37. The highest BCUT2D eigenvalue weighted by Crippen LogP contribution is 2.36. The first-order valence-corrected chi connectivity index (χ1v) is 9.02. The fourth-order valence-electron chi connectivity index (χ4n) is 3.47. The van der Waals surface area contributed by atoms with E-state index in [1.165, 1.54) is 11.5 Å². The van der Waals surface area contributed by atoms with E-state index in [1.807, 2.05) is 29.6 Å². The second-order valence-electron chi connectivity index (χ2n) is 6.54. The lowest BCUT2D eigenvalue weighted by Crippen LogP contribution is -2.56. The number of aromatic nitrogens is 1. The molecule has 0 amide bonds. The Morgan fingerprint density at radius 1 is 1.48 bits per heavy atom. The summed E-state index contributed by atoms with van der Waals surface area (Å²) in [5, 5.41) is 22.5. The first-order chi connectivity index (χ1) is 12.0. The van der Waals surface area contributed by atoms with Crippen LogP contribution in [0.5, 0.6) is 5.75 Å². The van der Waals surface area contributed by atoms with Crippen molar-refractivity contribution in [3.8, 4) is 5.75 Å². The molecule has 2 aromatic rings. The van der Waals surface area contributed by atoms with Gasteiger partial charge in [0.05, 0.1) is 13.2 Å². The first kappa shape index (κ1) is 17.8. The molecule has 1 aliphatic heterocycles. The molecule has 1 aliphatic rings. The Morgan fingerprint density at radius 2 is 2.32 bits per heavy atom. The van der Waals surface area contributed by atoms with E-state index in [-0.39, 0.29) is 6.42 Å². The van der Waals surface area contributed by atoms with Gasteiger partial charge >= 0.3 is 5.97 Å². The number of methoxy groups -OCH3 is 1. The molecule has 1 aromatic carbocycles. The second-order valence-corrected chi connectivity index (χ2v) is 7.19. The maximum absolute atomic E-state index is 12.2. The molecule has 0 spiro atoms. The molecule has 0 saturated carbocycles. The van der Waals surface area contributed by atoms with Crippen LogP contribution < -0.4 is 4.74 Å². The van der Waals surface area contributed by atoms with Gasteiger partial charge in [0.25, 0.3) is 0 Å². The van der Waals surface area contributed by atoms with Gasteiger partial charge < -0.3 is 14.9 Å². The van der Waals surface area contributed by atoms with Crippen LogP contribution in [-0.4, -0.2) is 51.8 Å². The van der Waals surface area contributed by atoms with Crippen molar-refractivity contribution in [3.05, 3.63) is 47.0 Å². The van der Waals surface area contributed by atoms with Gasteiger partial charge in [-0.25, -0.2) is 4.37 Å². The molecule has 2 atom stereocenters. The van der Waals surface area contributed by atoms with Crippen molar-refractivity contribution in [1.29, 1.82) is 0 Å². The van der Waals surface area contributed by atoms with Gasteiger partial charge in [0.1, 0.15) is 11.2 Å². The van der Waals surface area contributed by atoms with Gasteiger partial charge in [-0.05, 0) is 47.6 Å². The largest absolute Gasteiger partial charge is 0.497 e. The van der Waals surface area contributed by atoms with Crippen molar-refractivity contribution in [2.75, 3.05) is 20.2 Å². The molecule has 7 heteroatoms. The Bertz CT molecular complexity index is 722. The highest BCUT2D eigenvalue weighted by Gasteiger charge is 2.49. The summed E-state index contributed by atoms with van der Waals surface area (Å²) in [6.45, 7) is 1.62. The molecule has 2 heterocycles. The number of benzene rings is 1. The van der Waals surface area contributed by atoms with E-state index in [0.717, 1.165) is 11.1 Å². The molecule has 134 valence electrons. The third-order valence-corrected chi connectivity index (χ3v) is 5.47. The van der Waals surface area contributed by atoms with Crippen LogP contribution in [0.4, 0.5) is 0 Å². The molecular weight excluding hydrogens is 340 g/mol. The number of aliphatic hydroxyl groups is 1. The van der Waals surface area contributed by atoms with Gasteiger partial charge in [-0.1, -0.05) is 12.1 Å². The third kappa shape index (κ3) is 3.84.